The van der Waals surface area contributed by atoms with Gasteiger partial charge in [-0.05, 0) is 28.8 Å². The first kappa shape index (κ1) is 9.07. The molecule has 2 N–H and O–H groups in total. The Morgan fingerprint density at radius 3 is 2.82 bits per heavy atom. The average molecular weight is 190 g/mol. The van der Waals surface area contributed by atoms with Crippen LogP contribution in [0.1, 0.15) is 5.56 Å². The topological polar surface area (TPSA) is 40.5 Å². The highest BCUT2D eigenvalue weighted by Gasteiger charge is 2.20. The molecule has 0 aliphatic rings. The molecular formula is C6H8BClO2S. The standard InChI is InChI=1S/C6H8BClO2S/c8-6(7(9)10)3-5-1-2-11-4-5/h1-2,4,6,9-10H,3H2/t6-/m1/s1. The monoisotopic (exact) mass is 190 g/mol. The van der Waals surface area contributed by atoms with E-state index in [1.807, 2.05) is 16.8 Å². The third-order valence-electron chi connectivity index (χ3n) is 1.33. The van der Waals surface area contributed by atoms with Gasteiger partial charge in [-0.1, -0.05) is 0 Å². The maximum Gasteiger partial charge on any atom is 0.470 e. The van der Waals surface area contributed by atoms with Crippen LogP contribution in [0.3, 0.4) is 0 Å². The normalized spacial score (nSPS) is 13.0. The van der Waals surface area contributed by atoms with E-state index < -0.39 is 12.4 Å². The minimum Gasteiger partial charge on any atom is -0.426 e. The fourth-order valence-electron chi connectivity index (χ4n) is 0.739. The first-order valence-corrected chi connectivity index (χ1v) is 4.59. The zero-order valence-electron chi connectivity index (χ0n) is 5.77. The SMILES string of the molecule is OB(O)[C@H](Cl)Cc1ccsc1. The molecule has 1 aromatic rings. The van der Waals surface area contributed by atoms with Gasteiger partial charge >= 0.3 is 7.12 Å². The molecule has 0 saturated heterocycles. The van der Waals surface area contributed by atoms with Crippen molar-refractivity contribution in [3.8, 4) is 0 Å². The Bertz CT molecular complexity index is 202. The molecule has 0 fully saturated rings. The summed E-state index contributed by atoms with van der Waals surface area (Å²) < 4.78 is 0. The molecule has 0 bridgehead atoms. The van der Waals surface area contributed by atoms with Crippen molar-refractivity contribution >= 4 is 30.1 Å². The van der Waals surface area contributed by atoms with Crippen molar-refractivity contribution in [1.82, 2.24) is 0 Å². The molecule has 60 valence electrons. The van der Waals surface area contributed by atoms with E-state index in [0.717, 1.165) is 5.56 Å². The fraction of sp³-hybridized carbons (Fsp3) is 0.333. The van der Waals surface area contributed by atoms with Crippen molar-refractivity contribution in [3.05, 3.63) is 22.4 Å². The maximum absolute atomic E-state index is 8.65. The van der Waals surface area contributed by atoms with Gasteiger partial charge in [0.1, 0.15) is 0 Å². The highest BCUT2D eigenvalue weighted by Crippen LogP contribution is 2.12. The van der Waals surface area contributed by atoms with Gasteiger partial charge in [-0.2, -0.15) is 11.3 Å². The smallest absolute Gasteiger partial charge is 0.426 e. The van der Waals surface area contributed by atoms with E-state index in [0.29, 0.717) is 6.42 Å². The quantitative estimate of drug-likeness (QED) is 0.549. The van der Waals surface area contributed by atoms with Crippen LogP contribution < -0.4 is 0 Å². The molecule has 0 unspecified atom stereocenters. The average Bonchev–Trinajstić information content (AvgIpc) is 2.39. The maximum atomic E-state index is 8.65. The number of hydrogen-bond donors (Lipinski definition) is 2. The summed E-state index contributed by atoms with van der Waals surface area (Å²) in [6.07, 6.45) is 0.503. The van der Waals surface area contributed by atoms with Crippen LogP contribution in [0.2, 0.25) is 0 Å². The molecule has 5 heteroatoms. The van der Waals surface area contributed by atoms with Crippen LogP contribution in [0.4, 0.5) is 0 Å². The first-order chi connectivity index (χ1) is 5.20. The highest BCUT2D eigenvalue weighted by atomic mass is 35.5. The van der Waals surface area contributed by atoms with Crippen LogP contribution in [-0.2, 0) is 6.42 Å². The summed E-state index contributed by atoms with van der Waals surface area (Å²) >= 11 is 7.18. The molecule has 0 radical (unpaired) electrons. The van der Waals surface area contributed by atoms with Crippen molar-refractivity contribution in [2.24, 2.45) is 0 Å². The largest absolute Gasteiger partial charge is 0.470 e. The van der Waals surface area contributed by atoms with Crippen LogP contribution in [0.25, 0.3) is 0 Å². The van der Waals surface area contributed by atoms with Crippen LogP contribution in [0, 0.1) is 0 Å². The summed E-state index contributed by atoms with van der Waals surface area (Å²) in [5.74, 6) is 0. The first-order valence-electron chi connectivity index (χ1n) is 3.21. The molecule has 2 nitrogen and oxygen atoms in total. The van der Waals surface area contributed by atoms with Crippen molar-refractivity contribution in [1.29, 1.82) is 0 Å². The zero-order chi connectivity index (χ0) is 8.27. The van der Waals surface area contributed by atoms with Gasteiger partial charge < -0.3 is 10.0 Å². The van der Waals surface area contributed by atoms with Gasteiger partial charge in [0.15, 0.2) is 0 Å². The molecule has 0 aliphatic carbocycles. The Labute approximate surface area is 74.6 Å². The second-order valence-electron chi connectivity index (χ2n) is 2.27. The molecule has 11 heavy (non-hydrogen) atoms. The third kappa shape index (κ3) is 2.83. The summed E-state index contributed by atoms with van der Waals surface area (Å²) in [6.45, 7) is 0. The summed E-state index contributed by atoms with van der Waals surface area (Å²) in [4.78, 5) is 0. The number of halogens is 1. The summed E-state index contributed by atoms with van der Waals surface area (Å²) in [6, 6.07) is 1.92. The molecule has 0 spiro atoms. The van der Waals surface area contributed by atoms with Crippen LogP contribution >= 0.6 is 22.9 Å². The third-order valence-corrected chi connectivity index (χ3v) is 2.45. The van der Waals surface area contributed by atoms with E-state index in [4.69, 9.17) is 21.6 Å². The number of thiophene rings is 1. The van der Waals surface area contributed by atoms with Gasteiger partial charge in [0.25, 0.3) is 0 Å². The summed E-state index contributed by atoms with van der Waals surface area (Å²) in [5.41, 5.74) is 1.04. The molecule has 0 aromatic carbocycles. The second kappa shape index (κ2) is 4.11. The van der Waals surface area contributed by atoms with Crippen LogP contribution in [0.15, 0.2) is 16.8 Å². The van der Waals surface area contributed by atoms with Gasteiger partial charge in [0.2, 0.25) is 0 Å². The van der Waals surface area contributed by atoms with Crippen molar-refractivity contribution in [2.45, 2.75) is 11.7 Å². The predicted molar refractivity (Wildman–Crippen MR) is 47.9 cm³/mol. The summed E-state index contributed by atoms with van der Waals surface area (Å²) in [5, 5.41) is 20.6. The van der Waals surface area contributed by atoms with Crippen molar-refractivity contribution in [2.75, 3.05) is 0 Å². The van der Waals surface area contributed by atoms with Crippen molar-refractivity contribution in [3.63, 3.8) is 0 Å². The minimum absolute atomic E-state index is 0.503. The molecule has 1 rings (SSSR count). The van der Waals surface area contributed by atoms with Gasteiger partial charge in [-0.3, -0.25) is 0 Å². The van der Waals surface area contributed by atoms with Gasteiger partial charge in [-0.25, -0.2) is 0 Å². The lowest BCUT2D eigenvalue weighted by Gasteiger charge is -2.04. The Hall–Kier alpha value is -0.0251. The second-order valence-corrected chi connectivity index (χ2v) is 3.61. The Kier molecular flexibility index (Phi) is 3.39. The molecule has 0 saturated carbocycles. The van der Waals surface area contributed by atoms with Crippen LogP contribution in [-0.4, -0.2) is 22.4 Å². The molecule has 0 aliphatic heterocycles. The van der Waals surface area contributed by atoms with Gasteiger partial charge in [0, 0.05) is 0 Å². The van der Waals surface area contributed by atoms with E-state index in [9.17, 15) is 0 Å². The Balaban J connectivity index is 2.43. The number of alkyl halides is 1. The summed E-state index contributed by atoms with van der Waals surface area (Å²) in [7, 11) is -1.43. The zero-order valence-corrected chi connectivity index (χ0v) is 7.35. The molecule has 1 atom stereocenters. The lowest BCUT2D eigenvalue weighted by atomic mass is 9.82. The predicted octanol–water partition coefficient (Wildman–Crippen LogP) is 0.910. The Morgan fingerprint density at radius 2 is 2.36 bits per heavy atom. The van der Waals surface area contributed by atoms with E-state index in [-0.39, 0.29) is 0 Å². The minimum atomic E-state index is -1.43. The molecule has 0 amide bonds. The van der Waals surface area contributed by atoms with Gasteiger partial charge in [-0.15, -0.1) is 11.6 Å². The lowest BCUT2D eigenvalue weighted by molar-refractivity contribution is 0.401. The Morgan fingerprint density at radius 1 is 1.64 bits per heavy atom. The van der Waals surface area contributed by atoms with E-state index in [1.54, 1.807) is 11.3 Å². The van der Waals surface area contributed by atoms with Gasteiger partial charge in [0.05, 0.1) is 5.28 Å². The lowest BCUT2D eigenvalue weighted by Crippen LogP contribution is -2.27. The van der Waals surface area contributed by atoms with Crippen molar-refractivity contribution < 1.29 is 10.0 Å². The van der Waals surface area contributed by atoms with E-state index in [1.165, 1.54) is 0 Å². The van der Waals surface area contributed by atoms with E-state index >= 15 is 0 Å². The van der Waals surface area contributed by atoms with E-state index in [2.05, 4.69) is 0 Å². The molecule has 1 aromatic heterocycles. The fourth-order valence-corrected chi connectivity index (χ4v) is 1.60. The number of rotatable bonds is 3. The molecule has 1 heterocycles. The number of hydrogen-bond acceptors (Lipinski definition) is 3. The van der Waals surface area contributed by atoms with Crippen LogP contribution in [0.5, 0.6) is 0 Å². The molecular weight excluding hydrogens is 182 g/mol. The highest BCUT2D eigenvalue weighted by molar-refractivity contribution is 7.07.